The fourth-order valence-corrected chi connectivity index (χ4v) is 0.744. The molecule has 37 valence electrons. The topological polar surface area (TPSA) is 0 Å². The number of rotatable bonds is 3. The smallest absolute Gasteiger partial charge is 0.190 e. The van der Waals surface area contributed by atoms with Gasteiger partial charge in [-0.05, 0) is 5.15 Å². The summed E-state index contributed by atoms with van der Waals surface area (Å²) in [6.07, 6.45) is 1.10. The molecule has 0 aliphatic carbocycles. The van der Waals surface area contributed by atoms with E-state index in [9.17, 15) is 0 Å². The van der Waals surface area contributed by atoms with Crippen molar-refractivity contribution in [2.45, 2.75) is 25.3 Å². The van der Waals surface area contributed by atoms with Crippen molar-refractivity contribution >= 4 is 26.0 Å². The van der Waals surface area contributed by atoms with Crippen LogP contribution in [-0.2, 0) is 0 Å². The molecule has 0 aromatic carbocycles. The predicted octanol–water partition coefficient (Wildman–Crippen LogP) is 1.29. The zero-order chi connectivity index (χ0) is 5.70. The van der Waals surface area contributed by atoms with E-state index < -0.39 is 0 Å². The lowest BCUT2D eigenvalue weighted by Gasteiger charge is -1.98. The van der Waals surface area contributed by atoms with Gasteiger partial charge in [-0.1, -0.05) is 20.2 Å². The SMILES string of the molecule is [B]C(C)S[B]CC. The summed E-state index contributed by atoms with van der Waals surface area (Å²) in [5.41, 5.74) is 0. The highest BCUT2D eigenvalue weighted by molar-refractivity contribution is 8.23. The van der Waals surface area contributed by atoms with Gasteiger partial charge in [-0.15, -0.1) is 0 Å². The summed E-state index contributed by atoms with van der Waals surface area (Å²) >= 11 is 1.68. The molecule has 7 heavy (non-hydrogen) atoms. The van der Waals surface area contributed by atoms with E-state index in [0.29, 0.717) is 0 Å². The maximum atomic E-state index is 5.41. The van der Waals surface area contributed by atoms with Gasteiger partial charge in [0.2, 0.25) is 0 Å². The van der Waals surface area contributed by atoms with Crippen LogP contribution in [0.25, 0.3) is 0 Å². The van der Waals surface area contributed by atoms with Gasteiger partial charge < -0.3 is 0 Å². The van der Waals surface area contributed by atoms with E-state index in [2.05, 4.69) is 13.5 Å². The highest BCUT2D eigenvalue weighted by Gasteiger charge is 1.90. The predicted molar refractivity (Wildman–Crippen MR) is 39.0 cm³/mol. The Balaban J connectivity index is 2.68. The first kappa shape index (κ1) is 7.48. The van der Waals surface area contributed by atoms with Crippen LogP contribution in [0.4, 0.5) is 0 Å². The van der Waals surface area contributed by atoms with Crippen molar-refractivity contribution in [3.8, 4) is 0 Å². The van der Waals surface area contributed by atoms with Gasteiger partial charge >= 0.3 is 0 Å². The Bertz CT molecular complexity index is 38.7. The Kier molecular flexibility index (Phi) is 4.95. The lowest BCUT2D eigenvalue weighted by molar-refractivity contribution is 1.41. The first-order valence-electron chi connectivity index (χ1n) is 2.50. The highest BCUT2D eigenvalue weighted by Crippen LogP contribution is 2.04. The van der Waals surface area contributed by atoms with Crippen LogP contribution >= 0.6 is 11.6 Å². The van der Waals surface area contributed by atoms with Crippen LogP contribution in [0.15, 0.2) is 0 Å². The third-order valence-corrected chi connectivity index (χ3v) is 1.43. The third-order valence-electron chi connectivity index (χ3n) is 0.478. The second kappa shape index (κ2) is 4.63. The minimum absolute atomic E-state index is 0.264. The molecule has 0 heterocycles. The summed E-state index contributed by atoms with van der Waals surface area (Å²) in [7, 11) is 5.41. The van der Waals surface area contributed by atoms with Crippen LogP contribution < -0.4 is 0 Å². The second-order valence-corrected chi connectivity index (χ2v) is 2.77. The van der Waals surface area contributed by atoms with Gasteiger partial charge in [0, 0.05) is 0 Å². The van der Waals surface area contributed by atoms with Gasteiger partial charge in [-0.25, -0.2) is 11.6 Å². The molecule has 3 radical (unpaired) electrons. The van der Waals surface area contributed by atoms with Gasteiger partial charge in [-0.3, -0.25) is 0 Å². The molecule has 1 atom stereocenters. The first-order chi connectivity index (χ1) is 3.27. The molecule has 0 bridgehead atoms. The van der Waals surface area contributed by atoms with Crippen LogP contribution in [0.3, 0.4) is 0 Å². The lowest BCUT2D eigenvalue weighted by Crippen LogP contribution is -1.95. The molecule has 3 heteroatoms. The molecule has 0 saturated heterocycles. The molecule has 0 aliphatic rings. The van der Waals surface area contributed by atoms with Gasteiger partial charge in [0.05, 0.1) is 7.85 Å². The van der Waals surface area contributed by atoms with Gasteiger partial charge in [0.25, 0.3) is 0 Å². The van der Waals surface area contributed by atoms with E-state index in [1.165, 1.54) is 0 Å². The van der Waals surface area contributed by atoms with Crippen LogP contribution in [0.5, 0.6) is 0 Å². The average molecular weight is 111 g/mol. The summed E-state index contributed by atoms with van der Waals surface area (Å²) in [5, 5.41) is 0.264. The Hall–Kier alpha value is 0.480. The second-order valence-electron chi connectivity index (χ2n) is 1.42. The molecule has 0 spiro atoms. The van der Waals surface area contributed by atoms with Crippen molar-refractivity contribution in [3.05, 3.63) is 0 Å². The average Bonchev–Trinajstić information content (AvgIpc) is 1.61. The third kappa shape index (κ3) is 6.48. The van der Waals surface area contributed by atoms with Crippen LogP contribution in [0.1, 0.15) is 13.8 Å². The fraction of sp³-hybridized carbons (Fsp3) is 1.00. The van der Waals surface area contributed by atoms with E-state index in [1.807, 2.05) is 6.92 Å². The van der Waals surface area contributed by atoms with Gasteiger partial charge in [-0.2, -0.15) is 0 Å². The van der Waals surface area contributed by atoms with Crippen molar-refractivity contribution in [3.63, 3.8) is 0 Å². The maximum Gasteiger partial charge on any atom is 0.190 e. The molecule has 0 saturated carbocycles. The molecule has 0 N–H and O–H groups in total. The summed E-state index contributed by atoms with van der Waals surface area (Å²) in [4.78, 5) is 0. The summed E-state index contributed by atoms with van der Waals surface area (Å²) < 4.78 is 0. The van der Waals surface area contributed by atoms with Crippen molar-refractivity contribution < 1.29 is 0 Å². The Labute approximate surface area is 52.0 Å². The van der Waals surface area contributed by atoms with Crippen LogP contribution in [0, 0.1) is 0 Å². The highest BCUT2D eigenvalue weighted by atomic mass is 32.2. The standard InChI is InChI=1S/C4H9B2S/c1-3-6-7-4(2)5/h4H,3H2,1-2H3. The summed E-state index contributed by atoms with van der Waals surface area (Å²) in [6.45, 7) is 6.21. The monoisotopic (exact) mass is 111 g/mol. The summed E-state index contributed by atoms with van der Waals surface area (Å²) in [6, 6.07) is 0. The Morgan fingerprint density at radius 1 is 1.86 bits per heavy atom. The molecule has 0 rings (SSSR count). The molecule has 0 aromatic rings. The Morgan fingerprint density at radius 3 is 2.57 bits per heavy atom. The van der Waals surface area contributed by atoms with E-state index in [0.717, 1.165) is 6.32 Å². The van der Waals surface area contributed by atoms with E-state index in [4.69, 9.17) is 7.85 Å². The molecule has 0 aromatic heterocycles. The van der Waals surface area contributed by atoms with Crippen molar-refractivity contribution in [1.82, 2.24) is 0 Å². The van der Waals surface area contributed by atoms with Crippen molar-refractivity contribution in [2.24, 2.45) is 0 Å². The molecule has 0 nitrogen and oxygen atoms in total. The number of hydrogen-bond acceptors (Lipinski definition) is 1. The van der Waals surface area contributed by atoms with Crippen LogP contribution in [-0.4, -0.2) is 19.6 Å². The molecule has 0 amide bonds. The normalized spacial score (nSPS) is 13.4. The first-order valence-corrected chi connectivity index (χ1v) is 3.44. The van der Waals surface area contributed by atoms with Gasteiger partial charge in [0.15, 0.2) is 6.56 Å². The van der Waals surface area contributed by atoms with Crippen molar-refractivity contribution in [2.75, 3.05) is 0 Å². The van der Waals surface area contributed by atoms with E-state index in [1.54, 1.807) is 11.6 Å². The van der Waals surface area contributed by atoms with Crippen molar-refractivity contribution in [1.29, 1.82) is 0 Å². The van der Waals surface area contributed by atoms with Gasteiger partial charge in [0.1, 0.15) is 0 Å². The zero-order valence-electron chi connectivity index (χ0n) is 4.85. The minimum Gasteiger partial charge on any atom is -0.224 e. The fourth-order valence-electron chi connectivity index (χ4n) is 0.248. The molecule has 0 aliphatic heterocycles. The minimum atomic E-state index is 0.264. The largest absolute Gasteiger partial charge is 0.224 e. The molecule has 0 fully saturated rings. The number of hydrogen-bond donors (Lipinski definition) is 0. The zero-order valence-corrected chi connectivity index (χ0v) is 5.66. The molecular formula is C4H9B2S. The van der Waals surface area contributed by atoms with E-state index in [-0.39, 0.29) is 5.15 Å². The molecular weight excluding hydrogens is 102 g/mol. The maximum absolute atomic E-state index is 5.41. The Morgan fingerprint density at radius 2 is 2.43 bits per heavy atom. The van der Waals surface area contributed by atoms with Crippen LogP contribution in [0.2, 0.25) is 6.32 Å². The quantitative estimate of drug-likeness (QED) is 0.494. The summed E-state index contributed by atoms with van der Waals surface area (Å²) in [5.74, 6) is 0. The molecule has 1 unspecified atom stereocenters. The van der Waals surface area contributed by atoms with E-state index >= 15 is 0 Å². The lowest BCUT2D eigenvalue weighted by atomic mass is 10.1.